The second-order valence-corrected chi connectivity index (χ2v) is 6.80. The summed E-state index contributed by atoms with van der Waals surface area (Å²) in [6.07, 6.45) is 4.57. The van der Waals surface area contributed by atoms with Crippen molar-refractivity contribution < 1.29 is 0 Å². The largest absolute Gasteiger partial charge is 0.312 e. The van der Waals surface area contributed by atoms with Crippen LogP contribution in [0.25, 0.3) is 21.3 Å². The first-order chi connectivity index (χ1) is 10.4. The second kappa shape index (κ2) is 5.24. The van der Waals surface area contributed by atoms with Crippen LogP contribution in [0.4, 0.5) is 0 Å². The lowest BCUT2D eigenvalue weighted by Crippen LogP contribution is -2.16. The average Bonchev–Trinajstić information content (AvgIpc) is 3.25. The van der Waals surface area contributed by atoms with Crippen molar-refractivity contribution in [2.24, 2.45) is 5.92 Å². The Labute approximate surface area is 128 Å². The van der Waals surface area contributed by atoms with E-state index in [4.69, 9.17) is 0 Å². The Morgan fingerprint density at radius 3 is 2.86 bits per heavy atom. The minimum atomic E-state index is 0.525. The molecule has 3 aromatic rings. The van der Waals surface area contributed by atoms with Crippen LogP contribution in [0.2, 0.25) is 0 Å². The molecule has 4 rings (SSSR count). The van der Waals surface area contributed by atoms with Crippen LogP contribution in [0.1, 0.15) is 23.8 Å². The van der Waals surface area contributed by atoms with Gasteiger partial charge in [0.05, 0.1) is 5.52 Å². The van der Waals surface area contributed by atoms with E-state index >= 15 is 0 Å². The highest BCUT2D eigenvalue weighted by atomic mass is 32.1. The number of fused-ring (bicyclic) bond motifs is 1. The number of pyridine rings is 1. The van der Waals surface area contributed by atoms with E-state index in [1.165, 1.54) is 33.5 Å². The molecular weight excluding hydrogens is 276 g/mol. The van der Waals surface area contributed by atoms with E-state index in [1.807, 2.05) is 23.6 Å². The summed E-state index contributed by atoms with van der Waals surface area (Å²) in [5.41, 5.74) is 2.36. The average molecular weight is 294 g/mol. The quantitative estimate of drug-likeness (QED) is 0.758. The Hall–Kier alpha value is -1.71. The molecule has 3 heteroatoms. The van der Waals surface area contributed by atoms with E-state index in [0.717, 1.165) is 11.4 Å². The van der Waals surface area contributed by atoms with Crippen molar-refractivity contribution >= 4 is 22.2 Å². The Balaban J connectivity index is 1.77. The molecule has 1 atom stereocenters. The van der Waals surface area contributed by atoms with Gasteiger partial charge in [-0.05, 0) is 50.1 Å². The summed E-state index contributed by atoms with van der Waals surface area (Å²) in [6, 6.07) is 15.6. The van der Waals surface area contributed by atoms with Crippen LogP contribution in [-0.2, 0) is 0 Å². The minimum Gasteiger partial charge on any atom is -0.312 e. The van der Waals surface area contributed by atoms with Crippen molar-refractivity contribution in [1.82, 2.24) is 10.3 Å². The minimum absolute atomic E-state index is 0.525. The molecule has 0 aliphatic heterocycles. The van der Waals surface area contributed by atoms with Gasteiger partial charge in [0.15, 0.2) is 0 Å². The van der Waals surface area contributed by atoms with Crippen LogP contribution in [0.5, 0.6) is 0 Å². The topological polar surface area (TPSA) is 24.9 Å². The highest BCUT2D eigenvalue weighted by molar-refractivity contribution is 7.15. The fourth-order valence-corrected chi connectivity index (χ4v) is 4.27. The summed E-state index contributed by atoms with van der Waals surface area (Å²) in [5, 5.41) is 4.72. The number of nitrogens with zero attached hydrogens (tertiary/aromatic N) is 1. The van der Waals surface area contributed by atoms with Gasteiger partial charge in [-0.15, -0.1) is 11.3 Å². The van der Waals surface area contributed by atoms with Crippen LogP contribution in [0.3, 0.4) is 0 Å². The Morgan fingerprint density at radius 1 is 1.14 bits per heavy atom. The van der Waals surface area contributed by atoms with Crippen molar-refractivity contribution in [1.29, 1.82) is 0 Å². The van der Waals surface area contributed by atoms with Crippen LogP contribution in [0, 0.1) is 5.92 Å². The lowest BCUT2D eigenvalue weighted by Gasteiger charge is -2.12. The van der Waals surface area contributed by atoms with Gasteiger partial charge < -0.3 is 5.32 Å². The molecule has 0 bridgehead atoms. The molecule has 21 heavy (non-hydrogen) atoms. The third-order valence-electron chi connectivity index (χ3n) is 4.25. The fourth-order valence-electron chi connectivity index (χ4n) is 3.02. The van der Waals surface area contributed by atoms with Crippen molar-refractivity contribution in [3.8, 4) is 10.4 Å². The molecule has 0 radical (unpaired) electrons. The SMILES string of the molecule is CNC(c1ccc(-c2cccc3ncccc23)s1)C1CC1. The van der Waals surface area contributed by atoms with E-state index in [-0.39, 0.29) is 0 Å². The predicted molar refractivity (Wildman–Crippen MR) is 89.6 cm³/mol. The standard InChI is InChI=1S/C18H18N2S/c1-19-18(12-7-8-12)17-10-9-16(21-17)14-4-2-6-15-13(14)5-3-11-20-15/h2-6,9-12,18-19H,7-8H2,1H3. The maximum Gasteiger partial charge on any atom is 0.0708 e. The van der Waals surface area contributed by atoms with Crippen LogP contribution < -0.4 is 5.32 Å². The summed E-state index contributed by atoms with van der Waals surface area (Å²) in [5.74, 6) is 0.829. The maximum absolute atomic E-state index is 4.46. The van der Waals surface area contributed by atoms with E-state index in [1.54, 1.807) is 0 Å². The molecule has 2 aromatic heterocycles. The number of nitrogens with one attached hydrogen (secondary N) is 1. The van der Waals surface area contributed by atoms with Crippen molar-refractivity contribution in [2.45, 2.75) is 18.9 Å². The van der Waals surface area contributed by atoms with Crippen molar-refractivity contribution in [2.75, 3.05) is 7.05 Å². The molecule has 1 unspecified atom stereocenters. The smallest absolute Gasteiger partial charge is 0.0708 e. The number of thiophene rings is 1. The lowest BCUT2D eigenvalue weighted by molar-refractivity contribution is 0.537. The third-order valence-corrected chi connectivity index (χ3v) is 5.45. The highest BCUT2D eigenvalue weighted by Gasteiger charge is 2.32. The van der Waals surface area contributed by atoms with Gasteiger partial charge in [0, 0.05) is 32.9 Å². The third kappa shape index (κ3) is 2.37. The fraction of sp³-hybridized carbons (Fsp3) is 0.278. The van der Waals surface area contributed by atoms with Crippen LogP contribution in [-0.4, -0.2) is 12.0 Å². The molecule has 2 nitrogen and oxygen atoms in total. The Morgan fingerprint density at radius 2 is 2.05 bits per heavy atom. The first kappa shape index (κ1) is 13.0. The lowest BCUT2D eigenvalue weighted by atomic mass is 10.1. The van der Waals surface area contributed by atoms with Gasteiger partial charge in [-0.1, -0.05) is 18.2 Å². The number of rotatable bonds is 4. The van der Waals surface area contributed by atoms with E-state index in [0.29, 0.717) is 6.04 Å². The molecule has 1 aliphatic carbocycles. The molecule has 1 aliphatic rings. The molecule has 0 spiro atoms. The molecule has 1 N–H and O–H groups in total. The molecule has 1 fully saturated rings. The molecular formula is C18H18N2S. The molecule has 1 aromatic carbocycles. The van der Waals surface area contributed by atoms with Gasteiger partial charge in [0.25, 0.3) is 0 Å². The Kier molecular flexibility index (Phi) is 3.24. The van der Waals surface area contributed by atoms with E-state index in [2.05, 4.69) is 53.7 Å². The number of hydrogen-bond acceptors (Lipinski definition) is 3. The van der Waals surface area contributed by atoms with Crippen LogP contribution in [0.15, 0.2) is 48.7 Å². The van der Waals surface area contributed by atoms with E-state index in [9.17, 15) is 0 Å². The highest BCUT2D eigenvalue weighted by Crippen LogP contribution is 2.44. The molecule has 0 amide bonds. The van der Waals surface area contributed by atoms with Crippen molar-refractivity contribution in [3.63, 3.8) is 0 Å². The number of benzene rings is 1. The zero-order valence-electron chi connectivity index (χ0n) is 12.0. The summed E-state index contributed by atoms with van der Waals surface area (Å²) >= 11 is 1.91. The number of hydrogen-bond donors (Lipinski definition) is 1. The maximum atomic E-state index is 4.46. The Bertz CT molecular complexity index is 768. The molecule has 1 saturated carbocycles. The zero-order valence-corrected chi connectivity index (χ0v) is 12.9. The first-order valence-electron chi connectivity index (χ1n) is 7.48. The van der Waals surface area contributed by atoms with E-state index < -0.39 is 0 Å². The molecule has 2 heterocycles. The summed E-state index contributed by atoms with van der Waals surface area (Å²) in [7, 11) is 2.07. The monoisotopic (exact) mass is 294 g/mol. The molecule has 106 valence electrons. The second-order valence-electron chi connectivity index (χ2n) is 5.68. The van der Waals surface area contributed by atoms with Gasteiger partial charge in [0.2, 0.25) is 0 Å². The summed E-state index contributed by atoms with van der Waals surface area (Å²) in [6.45, 7) is 0. The van der Waals surface area contributed by atoms with Gasteiger partial charge in [0.1, 0.15) is 0 Å². The van der Waals surface area contributed by atoms with Gasteiger partial charge in [-0.2, -0.15) is 0 Å². The normalized spacial score (nSPS) is 16.2. The van der Waals surface area contributed by atoms with Crippen LogP contribution >= 0.6 is 11.3 Å². The van der Waals surface area contributed by atoms with Gasteiger partial charge >= 0.3 is 0 Å². The zero-order chi connectivity index (χ0) is 14.2. The first-order valence-corrected chi connectivity index (χ1v) is 8.29. The summed E-state index contributed by atoms with van der Waals surface area (Å²) in [4.78, 5) is 7.25. The van der Waals surface area contributed by atoms with Crippen molar-refractivity contribution in [3.05, 3.63) is 53.5 Å². The van der Waals surface area contributed by atoms with Gasteiger partial charge in [-0.3, -0.25) is 4.98 Å². The predicted octanol–water partition coefficient (Wildman–Crippen LogP) is 4.63. The number of aromatic nitrogens is 1. The molecule has 0 saturated heterocycles. The summed E-state index contributed by atoms with van der Waals surface area (Å²) < 4.78 is 0. The van der Waals surface area contributed by atoms with Gasteiger partial charge in [-0.25, -0.2) is 0 Å².